The summed E-state index contributed by atoms with van der Waals surface area (Å²) in [6.07, 6.45) is 0.933. The highest BCUT2D eigenvalue weighted by atomic mass is 16.5. The van der Waals surface area contributed by atoms with Gasteiger partial charge in [0, 0.05) is 12.3 Å². The highest BCUT2D eigenvalue weighted by molar-refractivity contribution is 6.22. The lowest BCUT2D eigenvalue weighted by Gasteiger charge is -2.49. The van der Waals surface area contributed by atoms with Crippen LogP contribution in [0.15, 0.2) is 43.2 Å². The molecule has 1 aliphatic heterocycles. The molecule has 0 spiro atoms. The van der Waals surface area contributed by atoms with Crippen LogP contribution < -0.4 is 0 Å². The maximum Gasteiger partial charge on any atom is 0.175 e. The van der Waals surface area contributed by atoms with Crippen molar-refractivity contribution in [3.8, 4) is 5.75 Å². The van der Waals surface area contributed by atoms with Gasteiger partial charge < -0.3 is 20.1 Å². The van der Waals surface area contributed by atoms with Crippen molar-refractivity contribution in [2.45, 2.75) is 38.6 Å². The Bertz CT molecular complexity index is 703. The molecule has 5 nitrogen and oxygen atoms in total. The summed E-state index contributed by atoms with van der Waals surface area (Å²) in [5.41, 5.74) is 0.540. The van der Waals surface area contributed by atoms with Crippen LogP contribution in [0.2, 0.25) is 0 Å². The standard InChI is InChI=1S/C20H24O5/c1-4-20(2,3)17-15(23)9-14(22)16-18(24)13(10-25-19(16)17)11-5-7-12(21)8-6-11/h4-8,10,14-17,19,21-23H,1,9H2,2-3H3. The highest BCUT2D eigenvalue weighted by Gasteiger charge is 2.54. The second kappa shape index (κ2) is 6.32. The van der Waals surface area contributed by atoms with Gasteiger partial charge in [-0.2, -0.15) is 0 Å². The molecule has 3 N–H and O–H groups in total. The van der Waals surface area contributed by atoms with Crippen LogP contribution in [0.4, 0.5) is 0 Å². The van der Waals surface area contributed by atoms with Gasteiger partial charge in [-0.1, -0.05) is 32.1 Å². The summed E-state index contributed by atoms with van der Waals surface area (Å²) in [4.78, 5) is 13.0. The molecule has 1 heterocycles. The first kappa shape index (κ1) is 17.7. The van der Waals surface area contributed by atoms with Gasteiger partial charge in [-0.25, -0.2) is 0 Å². The second-order valence-electron chi connectivity index (χ2n) is 7.49. The third-order valence-electron chi connectivity index (χ3n) is 5.49. The van der Waals surface area contributed by atoms with Gasteiger partial charge in [0.05, 0.1) is 30.0 Å². The number of hydrogen-bond donors (Lipinski definition) is 3. The van der Waals surface area contributed by atoms with Crippen molar-refractivity contribution in [3.63, 3.8) is 0 Å². The Morgan fingerprint density at radius 3 is 2.44 bits per heavy atom. The molecule has 3 rings (SSSR count). The monoisotopic (exact) mass is 344 g/mol. The molecule has 1 saturated carbocycles. The van der Waals surface area contributed by atoms with E-state index < -0.39 is 29.6 Å². The molecule has 5 atom stereocenters. The summed E-state index contributed by atoms with van der Waals surface area (Å²) in [5, 5.41) is 30.4. The van der Waals surface area contributed by atoms with Crippen LogP contribution in [-0.4, -0.2) is 39.4 Å². The van der Waals surface area contributed by atoms with Gasteiger partial charge in [0.25, 0.3) is 0 Å². The number of aliphatic hydroxyl groups is 2. The fraction of sp³-hybridized carbons (Fsp3) is 0.450. The number of fused-ring (bicyclic) bond motifs is 1. The lowest BCUT2D eigenvalue weighted by molar-refractivity contribution is -0.159. The van der Waals surface area contributed by atoms with E-state index in [9.17, 15) is 20.1 Å². The van der Waals surface area contributed by atoms with Crippen LogP contribution in [0, 0.1) is 17.3 Å². The Balaban J connectivity index is 1.99. The van der Waals surface area contributed by atoms with Crippen molar-refractivity contribution >= 4 is 11.4 Å². The molecule has 0 radical (unpaired) electrons. The minimum absolute atomic E-state index is 0.111. The summed E-state index contributed by atoms with van der Waals surface area (Å²) in [6, 6.07) is 6.27. The van der Waals surface area contributed by atoms with E-state index in [0.29, 0.717) is 11.1 Å². The Labute approximate surface area is 147 Å². The number of benzene rings is 1. The second-order valence-corrected chi connectivity index (χ2v) is 7.49. The van der Waals surface area contributed by atoms with Crippen molar-refractivity contribution in [1.29, 1.82) is 0 Å². The van der Waals surface area contributed by atoms with Crippen molar-refractivity contribution in [2.75, 3.05) is 0 Å². The predicted octanol–water partition coefficient (Wildman–Crippen LogP) is 2.27. The molecule has 2 aliphatic rings. The van der Waals surface area contributed by atoms with Crippen LogP contribution in [0.25, 0.3) is 5.57 Å². The Morgan fingerprint density at radius 2 is 1.84 bits per heavy atom. The van der Waals surface area contributed by atoms with Crippen LogP contribution in [0.5, 0.6) is 5.75 Å². The van der Waals surface area contributed by atoms with E-state index >= 15 is 0 Å². The van der Waals surface area contributed by atoms with E-state index in [1.165, 1.54) is 18.4 Å². The number of ketones is 1. The van der Waals surface area contributed by atoms with Crippen molar-refractivity contribution in [3.05, 3.63) is 48.7 Å². The summed E-state index contributed by atoms with van der Waals surface area (Å²) in [6.45, 7) is 7.72. The average molecular weight is 344 g/mol. The summed E-state index contributed by atoms with van der Waals surface area (Å²) in [7, 11) is 0. The van der Waals surface area contributed by atoms with Gasteiger partial charge in [-0.3, -0.25) is 4.79 Å². The smallest absolute Gasteiger partial charge is 0.175 e. The van der Waals surface area contributed by atoms with E-state index in [4.69, 9.17) is 4.74 Å². The number of hydrogen-bond acceptors (Lipinski definition) is 5. The van der Waals surface area contributed by atoms with E-state index in [-0.39, 0.29) is 23.9 Å². The minimum Gasteiger partial charge on any atom is -0.508 e. The van der Waals surface area contributed by atoms with E-state index in [0.717, 1.165) is 0 Å². The van der Waals surface area contributed by atoms with Crippen LogP contribution in [0.3, 0.4) is 0 Å². The number of phenolic OH excluding ortho intramolecular Hbond substituents is 1. The van der Waals surface area contributed by atoms with Crippen LogP contribution in [-0.2, 0) is 9.53 Å². The molecule has 1 fully saturated rings. The van der Waals surface area contributed by atoms with Gasteiger partial charge in [0.1, 0.15) is 11.9 Å². The van der Waals surface area contributed by atoms with Crippen molar-refractivity contribution in [1.82, 2.24) is 0 Å². The molecular formula is C20H24O5. The van der Waals surface area contributed by atoms with Gasteiger partial charge in [-0.05, 0) is 23.1 Å². The van der Waals surface area contributed by atoms with Crippen molar-refractivity contribution < 1.29 is 24.9 Å². The molecule has 25 heavy (non-hydrogen) atoms. The Hall–Kier alpha value is -2.11. The molecule has 1 aromatic carbocycles. The number of phenols is 1. The van der Waals surface area contributed by atoms with Gasteiger partial charge in [-0.15, -0.1) is 6.58 Å². The first-order valence-electron chi connectivity index (χ1n) is 8.45. The molecule has 5 heteroatoms. The molecule has 1 aliphatic carbocycles. The SMILES string of the molecule is C=CC(C)(C)C1C(O)CC(O)C2C(=O)C(c3ccc(O)cc3)=COC21. The summed E-state index contributed by atoms with van der Waals surface area (Å²) >= 11 is 0. The van der Waals surface area contributed by atoms with Gasteiger partial charge in [0.15, 0.2) is 5.78 Å². The van der Waals surface area contributed by atoms with Gasteiger partial charge in [0.2, 0.25) is 0 Å². The average Bonchev–Trinajstić information content (AvgIpc) is 2.55. The number of allylic oxidation sites excluding steroid dienone is 2. The zero-order valence-electron chi connectivity index (χ0n) is 14.4. The Morgan fingerprint density at radius 1 is 1.20 bits per heavy atom. The number of aliphatic hydroxyl groups excluding tert-OH is 2. The molecular weight excluding hydrogens is 320 g/mol. The lowest BCUT2D eigenvalue weighted by atomic mass is 9.62. The predicted molar refractivity (Wildman–Crippen MR) is 93.6 cm³/mol. The molecule has 0 saturated heterocycles. The Kier molecular flexibility index (Phi) is 4.47. The van der Waals surface area contributed by atoms with E-state index in [1.807, 2.05) is 13.8 Å². The zero-order chi connectivity index (χ0) is 18.4. The maximum atomic E-state index is 13.0. The molecule has 0 aromatic heterocycles. The largest absolute Gasteiger partial charge is 0.508 e. The minimum atomic E-state index is -0.967. The number of aromatic hydroxyl groups is 1. The number of rotatable bonds is 3. The lowest BCUT2D eigenvalue weighted by Crippen LogP contribution is -2.58. The number of ether oxygens (including phenoxy) is 1. The normalized spacial score (nSPS) is 32.4. The molecule has 0 bridgehead atoms. The zero-order valence-corrected chi connectivity index (χ0v) is 14.4. The van der Waals surface area contributed by atoms with Crippen LogP contribution in [0.1, 0.15) is 25.8 Å². The quantitative estimate of drug-likeness (QED) is 0.732. The van der Waals surface area contributed by atoms with E-state index in [1.54, 1.807) is 18.2 Å². The molecule has 5 unspecified atom stereocenters. The number of carbonyl (C=O) groups is 1. The topological polar surface area (TPSA) is 87.0 Å². The third kappa shape index (κ3) is 2.98. The molecule has 0 amide bonds. The summed E-state index contributed by atoms with van der Waals surface area (Å²) in [5.74, 6) is -1.17. The first-order chi connectivity index (χ1) is 11.8. The van der Waals surface area contributed by atoms with E-state index in [2.05, 4.69) is 6.58 Å². The third-order valence-corrected chi connectivity index (χ3v) is 5.49. The summed E-state index contributed by atoms with van der Waals surface area (Å²) < 4.78 is 5.88. The van der Waals surface area contributed by atoms with Gasteiger partial charge >= 0.3 is 0 Å². The fourth-order valence-electron chi connectivity index (χ4n) is 3.99. The number of carbonyl (C=O) groups excluding carboxylic acids is 1. The van der Waals surface area contributed by atoms with Crippen LogP contribution >= 0.6 is 0 Å². The maximum absolute atomic E-state index is 13.0. The fourth-order valence-corrected chi connectivity index (χ4v) is 3.99. The molecule has 1 aromatic rings. The number of Topliss-reactive ketones (excluding diaryl/α,β-unsaturated/α-hetero) is 1. The van der Waals surface area contributed by atoms with Crippen molar-refractivity contribution in [2.24, 2.45) is 17.3 Å². The first-order valence-corrected chi connectivity index (χ1v) is 8.45. The molecule has 134 valence electrons. The highest BCUT2D eigenvalue weighted by Crippen LogP contribution is 2.46.